The summed E-state index contributed by atoms with van der Waals surface area (Å²) in [5, 5.41) is 0.622. The summed E-state index contributed by atoms with van der Waals surface area (Å²) in [6.07, 6.45) is 0.765. The van der Waals surface area contributed by atoms with E-state index in [0.717, 1.165) is 12.5 Å². The zero-order valence-electron chi connectivity index (χ0n) is 9.28. The predicted molar refractivity (Wildman–Crippen MR) is 67.1 cm³/mol. The van der Waals surface area contributed by atoms with E-state index in [9.17, 15) is 8.78 Å². The van der Waals surface area contributed by atoms with Crippen molar-refractivity contribution in [1.82, 2.24) is 0 Å². The van der Waals surface area contributed by atoms with Crippen molar-refractivity contribution in [3.63, 3.8) is 0 Å². The molecular formula is C11H13F2N3S. The van der Waals surface area contributed by atoms with Crippen LogP contribution in [0.2, 0.25) is 0 Å². The molecule has 0 heterocycles. The molecule has 1 fully saturated rings. The van der Waals surface area contributed by atoms with Gasteiger partial charge >= 0.3 is 0 Å². The molecule has 3 nitrogen and oxygen atoms in total. The van der Waals surface area contributed by atoms with Crippen LogP contribution in [0.15, 0.2) is 17.1 Å². The highest BCUT2D eigenvalue weighted by Crippen LogP contribution is 2.50. The zero-order valence-corrected chi connectivity index (χ0v) is 10.1. The number of rotatable bonds is 2. The quantitative estimate of drug-likeness (QED) is 0.484. The second-order valence-electron chi connectivity index (χ2n) is 3.97. The van der Waals surface area contributed by atoms with E-state index in [1.807, 2.05) is 0 Å². The Morgan fingerprint density at radius 3 is 2.82 bits per heavy atom. The molecule has 0 radical (unpaired) electrons. The minimum absolute atomic E-state index is 0.0294. The maximum Gasteiger partial charge on any atom is 0.162 e. The van der Waals surface area contributed by atoms with E-state index < -0.39 is 11.6 Å². The molecule has 1 aromatic carbocycles. The summed E-state index contributed by atoms with van der Waals surface area (Å²) in [6, 6.07) is 2.48. The Bertz CT molecular complexity index is 476. The minimum Gasteiger partial charge on any atom is -0.399 e. The summed E-state index contributed by atoms with van der Waals surface area (Å²) in [4.78, 5) is 3.82. The molecule has 2 rings (SSSR count). The van der Waals surface area contributed by atoms with Gasteiger partial charge in [-0.1, -0.05) is 11.8 Å². The summed E-state index contributed by atoms with van der Waals surface area (Å²) < 4.78 is 26.7. The Hall–Kier alpha value is -1.30. The van der Waals surface area contributed by atoms with Gasteiger partial charge in [0, 0.05) is 23.9 Å². The first-order valence-corrected chi connectivity index (χ1v) is 6.04. The lowest BCUT2D eigenvalue weighted by Crippen LogP contribution is -2.07. The minimum atomic E-state index is -0.896. The van der Waals surface area contributed by atoms with Crippen molar-refractivity contribution in [2.75, 3.05) is 12.8 Å². The van der Waals surface area contributed by atoms with Crippen LogP contribution in [-0.4, -0.2) is 17.5 Å². The fraction of sp³-hybridized carbons (Fsp3) is 0.364. The Morgan fingerprint density at radius 1 is 1.47 bits per heavy atom. The molecule has 0 aliphatic heterocycles. The largest absolute Gasteiger partial charge is 0.399 e. The number of hydrogen-bond donors (Lipinski definition) is 2. The monoisotopic (exact) mass is 257 g/mol. The van der Waals surface area contributed by atoms with Gasteiger partial charge in [0.05, 0.1) is 0 Å². The molecule has 92 valence electrons. The number of benzene rings is 1. The van der Waals surface area contributed by atoms with Gasteiger partial charge in [-0.15, -0.1) is 0 Å². The van der Waals surface area contributed by atoms with Crippen LogP contribution in [0.1, 0.15) is 17.9 Å². The van der Waals surface area contributed by atoms with Gasteiger partial charge in [0.1, 0.15) is 0 Å². The molecule has 1 aliphatic rings. The Balaban J connectivity index is 2.16. The summed E-state index contributed by atoms with van der Waals surface area (Å²) >= 11 is 1.39. The molecule has 1 aliphatic carbocycles. The second-order valence-corrected chi connectivity index (χ2v) is 5.23. The number of amidine groups is 1. The van der Waals surface area contributed by atoms with Crippen molar-refractivity contribution in [2.45, 2.75) is 17.6 Å². The number of halogens is 2. The average molecular weight is 257 g/mol. The van der Waals surface area contributed by atoms with E-state index in [4.69, 9.17) is 11.5 Å². The lowest BCUT2D eigenvalue weighted by atomic mass is 10.1. The summed E-state index contributed by atoms with van der Waals surface area (Å²) in [5.41, 5.74) is 11.7. The third kappa shape index (κ3) is 2.52. The molecule has 0 aromatic heterocycles. The molecule has 0 amide bonds. The zero-order chi connectivity index (χ0) is 12.6. The SMILES string of the molecule is CN=C(N)SC1CC1c1cc(N)cc(F)c1F. The molecule has 6 heteroatoms. The van der Waals surface area contributed by atoms with E-state index in [1.165, 1.54) is 17.8 Å². The number of hydrogen-bond acceptors (Lipinski definition) is 3. The van der Waals surface area contributed by atoms with Gasteiger partial charge in [-0.2, -0.15) is 0 Å². The van der Waals surface area contributed by atoms with Gasteiger partial charge in [0.15, 0.2) is 16.8 Å². The maximum absolute atomic E-state index is 13.6. The van der Waals surface area contributed by atoms with E-state index in [1.54, 1.807) is 7.05 Å². The van der Waals surface area contributed by atoms with Gasteiger partial charge in [-0.05, 0) is 24.1 Å². The molecular weight excluding hydrogens is 244 g/mol. The van der Waals surface area contributed by atoms with Crippen molar-refractivity contribution in [2.24, 2.45) is 10.7 Å². The van der Waals surface area contributed by atoms with Crippen LogP contribution in [-0.2, 0) is 0 Å². The smallest absolute Gasteiger partial charge is 0.162 e. The molecule has 0 saturated heterocycles. The van der Waals surface area contributed by atoms with E-state index in [2.05, 4.69) is 4.99 Å². The summed E-state index contributed by atoms with van der Waals surface area (Å²) in [5.74, 6) is -1.73. The summed E-state index contributed by atoms with van der Waals surface area (Å²) in [6.45, 7) is 0. The molecule has 4 N–H and O–H groups in total. The molecule has 0 bridgehead atoms. The highest BCUT2D eigenvalue weighted by Gasteiger charge is 2.41. The number of aliphatic imine (C=N–C) groups is 1. The average Bonchev–Trinajstić information content (AvgIpc) is 3.02. The Morgan fingerprint density at radius 2 is 2.18 bits per heavy atom. The van der Waals surface area contributed by atoms with Crippen LogP contribution in [0.4, 0.5) is 14.5 Å². The molecule has 17 heavy (non-hydrogen) atoms. The van der Waals surface area contributed by atoms with Crippen LogP contribution in [0.3, 0.4) is 0 Å². The number of anilines is 1. The van der Waals surface area contributed by atoms with Crippen molar-refractivity contribution in [3.8, 4) is 0 Å². The fourth-order valence-electron chi connectivity index (χ4n) is 1.74. The molecule has 1 saturated carbocycles. The van der Waals surface area contributed by atoms with E-state index in [-0.39, 0.29) is 16.9 Å². The van der Waals surface area contributed by atoms with Gasteiger partial charge < -0.3 is 11.5 Å². The van der Waals surface area contributed by atoms with Gasteiger partial charge in [0.25, 0.3) is 0 Å². The van der Waals surface area contributed by atoms with Crippen LogP contribution in [0, 0.1) is 11.6 Å². The predicted octanol–water partition coefficient (Wildman–Crippen LogP) is 2.08. The van der Waals surface area contributed by atoms with E-state index in [0.29, 0.717) is 10.7 Å². The number of nitrogens with two attached hydrogens (primary N) is 2. The Labute approximate surface area is 102 Å². The van der Waals surface area contributed by atoms with Crippen LogP contribution < -0.4 is 11.5 Å². The number of nitrogens with zero attached hydrogens (tertiary/aromatic N) is 1. The first-order valence-electron chi connectivity index (χ1n) is 5.16. The number of nitrogen functional groups attached to an aromatic ring is 1. The summed E-state index contributed by atoms with van der Waals surface area (Å²) in [7, 11) is 1.60. The van der Waals surface area contributed by atoms with Gasteiger partial charge in [-0.25, -0.2) is 8.78 Å². The molecule has 1 aromatic rings. The standard InChI is InChI=1S/C11H13F2N3S/c1-16-11(15)17-9-4-6(9)7-2-5(14)3-8(12)10(7)13/h2-3,6,9H,4,14H2,1H3,(H2,15,16). The topological polar surface area (TPSA) is 64.4 Å². The van der Waals surface area contributed by atoms with Crippen molar-refractivity contribution < 1.29 is 8.78 Å². The van der Waals surface area contributed by atoms with Crippen LogP contribution >= 0.6 is 11.8 Å². The highest BCUT2D eigenvalue weighted by atomic mass is 32.2. The van der Waals surface area contributed by atoms with Crippen LogP contribution in [0.25, 0.3) is 0 Å². The molecule has 2 unspecified atom stereocenters. The fourth-order valence-corrected chi connectivity index (χ4v) is 2.77. The van der Waals surface area contributed by atoms with Crippen molar-refractivity contribution in [1.29, 1.82) is 0 Å². The third-order valence-electron chi connectivity index (χ3n) is 2.70. The van der Waals surface area contributed by atoms with E-state index >= 15 is 0 Å². The normalized spacial score (nSPS) is 23.8. The first-order chi connectivity index (χ1) is 8.02. The molecule has 2 atom stereocenters. The van der Waals surface area contributed by atoms with Crippen molar-refractivity contribution >= 4 is 22.6 Å². The van der Waals surface area contributed by atoms with Crippen LogP contribution in [0.5, 0.6) is 0 Å². The number of thioether (sulfide) groups is 1. The highest BCUT2D eigenvalue weighted by molar-refractivity contribution is 8.14. The lowest BCUT2D eigenvalue weighted by Gasteiger charge is -2.05. The van der Waals surface area contributed by atoms with Gasteiger partial charge in [-0.3, -0.25) is 4.99 Å². The van der Waals surface area contributed by atoms with Gasteiger partial charge in [0.2, 0.25) is 0 Å². The van der Waals surface area contributed by atoms with Crippen molar-refractivity contribution in [3.05, 3.63) is 29.3 Å². The maximum atomic E-state index is 13.6. The third-order valence-corrected chi connectivity index (χ3v) is 3.95. The molecule has 0 spiro atoms. The lowest BCUT2D eigenvalue weighted by molar-refractivity contribution is 0.500. The Kier molecular flexibility index (Phi) is 3.24. The first kappa shape index (κ1) is 12.2. The second kappa shape index (κ2) is 4.52.